The lowest BCUT2D eigenvalue weighted by atomic mass is 9.95. The van der Waals surface area contributed by atoms with Crippen LogP contribution in [0.25, 0.3) is 22.5 Å². The van der Waals surface area contributed by atoms with Gasteiger partial charge in [-0.15, -0.1) is 0 Å². The van der Waals surface area contributed by atoms with Gasteiger partial charge in [0.2, 0.25) is 5.95 Å². The van der Waals surface area contributed by atoms with Crippen LogP contribution < -0.4 is 16.0 Å². The Hall–Kier alpha value is -3.67. The van der Waals surface area contributed by atoms with Gasteiger partial charge in [0.25, 0.3) is 5.91 Å². The van der Waals surface area contributed by atoms with E-state index in [9.17, 15) is 9.18 Å². The average Bonchev–Trinajstić information content (AvgIpc) is 3.41. The Morgan fingerprint density at radius 1 is 1.10 bits per heavy atom. The number of hydrogen-bond acceptors (Lipinski definition) is 8. The zero-order chi connectivity index (χ0) is 27.8. The predicted octanol–water partition coefficient (Wildman–Crippen LogP) is 3.01. The van der Waals surface area contributed by atoms with Crippen molar-refractivity contribution in [3.63, 3.8) is 0 Å². The van der Waals surface area contributed by atoms with Gasteiger partial charge in [0.05, 0.1) is 24.9 Å². The van der Waals surface area contributed by atoms with Crippen LogP contribution in [0, 0.1) is 11.8 Å². The van der Waals surface area contributed by atoms with Crippen LogP contribution in [0.1, 0.15) is 27.9 Å². The van der Waals surface area contributed by atoms with Crippen molar-refractivity contribution in [1.82, 2.24) is 20.2 Å². The van der Waals surface area contributed by atoms with E-state index in [0.29, 0.717) is 49.4 Å². The largest absolute Gasteiger partial charge is 0.382 e. The Balaban J connectivity index is 1.39. The van der Waals surface area contributed by atoms with Gasteiger partial charge < -0.3 is 25.4 Å². The quantitative estimate of drug-likeness (QED) is 0.483. The molecule has 1 unspecified atom stereocenters. The maximum Gasteiger partial charge on any atom is 0.254 e. The number of carbonyl (C=O) groups is 1. The lowest BCUT2D eigenvalue weighted by molar-refractivity contribution is 0.0941. The maximum absolute atomic E-state index is 15.3. The minimum Gasteiger partial charge on any atom is -0.382 e. The van der Waals surface area contributed by atoms with E-state index in [1.165, 1.54) is 6.07 Å². The highest BCUT2D eigenvalue weighted by molar-refractivity contribution is 5.97. The van der Waals surface area contributed by atoms with Gasteiger partial charge in [-0.3, -0.25) is 9.69 Å². The topological polar surface area (TPSA) is 106 Å². The Kier molecular flexibility index (Phi) is 7.35. The summed E-state index contributed by atoms with van der Waals surface area (Å²) in [5.41, 5.74) is 9.89. The van der Waals surface area contributed by atoms with Gasteiger partial charge in [0.15, 0.2) is 5.82 Å². The standard InChI is InChI=1S/C29H32F2N6O3/c1-39-21-5-7-36(16-21)15-20-13-18(2-3-23(20)37-8-10-40-11-9-37)25-27(31)35-28(32)26(34-25)19-12-17-4-6-33-29(38)24(17)22(30)14-19/h2-3,12-14,21H,4-11,15-16H2,1H3,(H2,32,35)(H,33,38). The first-order valence-electron chi connectivity index (χ1n) is 13.6. The van der Waals surface area contributed by atoms with Crippen LogP contribution in [0.2, 0.25) is 0 Å². The van der Waals surface area contributed by atoms with E-state index in [2.05, 4.69) is 25.1 Å². The van der Waals surface area contributed by atoms with Crippen molar-refractivity contribution in [2.24, 2.45) is 0 Å². The molecule has 3 aliphatic rings. The van der Waals surface area contributed by atoms with Gasteiger partial charge in [-0.25, -0.2) is 9.37 Å². The zero-order valence-electron chi connectivity index (χ0n) is 22.4. The van der Waals surface area contributed by atoms with E-state index < -0.39 is 17.7 Å². The van der Waals surface area contributed by atoms with Crippen molar-refractivity contribution in [1.29, 1.82) is 0 Å². The molecule has 9 nitrogen and oxygen atoms in total. The number of nitrogens with zero attached hydrogens (tertiary/aromatic N) is 4. The summed E-state index contributed by atoms with van der Waals surface area (Å²) in [6.07, 6.45) is 1.63. The van der Waals surface area contributed by atoms with Crippen LogP contribution >= 0.6 is 0 Å². The number of morpholine rings is 1. The minimum absolute atomic E-state index is 0.0184. The number of likely N-dealkylation sites (tertiary alicyclic amines) is 1. The number of carbonyl (C=O) groups excluding carboxylic acids is 1. The molecule has 3 N–H and O–H groups in total. The number of nitrogens with one attached hydrogen (secondary N) is 1. The SMILES string of the molecule is COC1CCN(Cc2cc(-c3nc(-c4cc(F)c5c(c4)CCNC5=O)c(N)nc3F)ccc2N2CCOCC2)C1. The summed E-state index contributed by atoms with van der Waals surface area (Å²) in [6, 6.07) is 8.68. The van der Waals surface area contributed by atoms with Crippen LogP contribution in [0.15, 0.2) is 30.3 Å². The van der Waals surface area contributed by atoms with E-state index in [1.807, 2.05) is 18.2 Å². The molecule has 0 spiro atoms. The van der Waals surface area contributed by atoms with Crippen LogP contribution in [-0.2, 0) is 22.4 Å². The number of fused-ring (bicyclic) bond motifs is 1. The fourth-order valence-corrected chi connectivity index (χ4v) is 5.82. The third-order valence-electron chi connectivity index (χ3n) is 7.89. The van der Waals surface area contributed by atoms with Gasteiger partial charge in [-0.1, -0.05) is 6.07 Å². The number of methoxy groups -OCH3 is 1. The first-order chi connectivity index (χ1) is 19.4. The molecule has 1 amide bonds. The molecule has 0 aliphatic carbocycles. The number of benzene rings is 2. The molecule has 0 saturated carbocycles. The summed E-state index contributed by atoms with van der Waals surface area (Å²) in [5.74, 6) is -2.07. The van der Waals surface area contributed by atoms with Crippen molar-refractivity contribution in [2.45, 2.75) is 25.5 Å². The predicted molar refractivity (Wildman–Crippen MR) is 147 cm³/mol. The number of nitrogens with two attached hydrogens (primary N) is 1. The van der Waals surface area contributed by atoms with E-state index in [-0.39, 0.29) is 28.9 Å². The van der Waals surface area contributed by atoms with E-state index in [0.717, 1.165) is 43.9 Å². The third-order valence-corrected chi connectivity index (χ3v) is 7.89. The number of aromatic nitrogens is 2. The number of rotatable bonds is 6. The van der Waals surface area contributed by atoms with E-state index in [1.54, 1.807) is 13.2 Å². The molecule has 1 aromatic heterocycles. The second-order valence-electron chi connectivity index (χ2n) is 10.4. The number of ether oxygens (including phenoxy) is 2. The molecule has 2 aromatic carbocycles. The molecule has 3 aliphatic heterocycles. The Morgan fingerprint density at radius 3 is 2.70 bits per heavy atom. The lowest BCUT2D eigenvalue weighted by Gasteiger charge is -2.32. The maximum atomic E-state index is 15.3. The van der Waals surface area contributed by atoms with Crippen LogP contribution in [0.3, 0.4) is 0 Å². The number of halogens is 2. The van der Waals surface area contributed by atoms with Crippen molar-refractivity contribution in [2.75, 3.05) is 63.7 Å². The van der Waals surface area contributed by atoms with Gasteiger partial charge in [0.1, 0.15) is 17.2 Å². The highest BCUT2D eigenvalue weighted by atomic mass is 19.1. The Bertz CT molecular complexity index is 1450. The molecule has 4 heterocycles. The fraction of sp³-hybridized carbons (Fsp3) is 0.414. The second kappa shape index (κ2) is 11.1. The summed E-state index contributed by atoms with van der Waals surface area (Å²) in [5, 5.41) is 2.65. The summed E-state index contributed by atoms with van der Waals surface area (Å²) < 4.78 is 41.4. The third kappa shape index (κ3) is 5.12. The van der Waals surface area contributed by atoms with Crippen molar-refractivity contribution >= 4 is 17.4 Å². The minimum atomic E-state index is -0.801. The summed E-state index contributed by atoms with van der Waals surface area (Å²) >= 11 is 0. The Morgan fingerprint density at radius 2 is 1.93 bits per heavy atom. The van der Waals surface area contributed by atoms with Gasteiger partial charge in [-0.05, 0) is 48.2 Å². The molecular weight excluding hydrogens is 518 g/mol. The van der Waals surface area contributed by atoms with Gasteiger partial charge >= 0.3 is 0 Å². The molecule has 6 rings (SSSR count). The Labute approximate surface area is 231 Å². The molecule has 2 fully saturated rings. The van der Waals surface area contributed by atoms with Crippen molar-refractivity contribution < 1.29 is 23.0 Å². The first-order valence-corrected chi connectivity index (χ1v) is 13.6. The molecule has 0 bridgehead atoms. The van der Waals surface area contributed by atoms with E-state index >= 15 is 4.39 Å². The van der Waals surface area contributed by atoms with Crippen molar-refractivity contribution in [3.8, 4) is 22.5 Å². The molecule has 210 valence electrons. The summed E-state index contributed by atoms with van der Waals surface area (Å²) in [6.45, 7) is 5.66. The molecule has 11 heteroatoms. The monoisotopic (exact) mass is 550 g/mol. The second-order valence-corrected chi connectivity index (χ2v) is 10.4. The van der Waals surface area contributed by atoms with E-state index in [4.69, 9.17) is 15.2 Å². The van der Waals surface area contributed by atoms with Gasteiger partial charge in [-0.2, -0.15) is 9.37 Å². The van der Waals surface area contributed by atoms with Crippen LogP contribution in [0.5, 0.6) is 0 Å². The van der Waals surface area contributed by atoms with Crippen molar-refractivity contribution in [3.05, 3.63) is 58.8 Å². The first kappa shape index (κ1) is 26.5. The number of amides is 1. The smallest absolute Gasteiger partial charge is 0.254 e. The zero-order valence-corrected chi connectivity index (χ0v) is 22.4. The summed E-state index contributed by atoms with van der Waals surface area (Å²) in [4.78, 5) is 25.3. The highest BCUT2D eigenvalue weighted by Crippen LogP contribution is 2.34. The summed E-state index contributed by atoms with van der Waals surface area (Å²) in [7, 11) is 1.73. The molecule has 1 atom stereocenters. The van der Waals surface area contributed by atoms with Crippen LogP contribution in [-0.4, -0.2) is 79.9 Å². The normalized spacial score (nSPS) is 19.5. The molecule has 40 heavy (non-hydrogen) atoms. The molecular formula is C29H32F2N6O3. The average molecular weight is 551 g/mol. The number of nitrogen functional groups attached to an aromatic ring is 1. The number of hydrogen-bond donors (Lipinski definition) is 2. The molecule has 0 radical (unpaired) electrons. The lowest BCUT2D eigenvalue weighted by Crippen LogP contribution is -2.37. The fourth-order valence-electron chi connectivity index (χ4n) is 5.82. The number of anilines is 2. The van der Waals surface area contributed by atoms with Gasteiger partial charge in [0, 0.05) is 63.2 Å². The molecule has 3 aromatic rings. The highest BCUT2D eigenvalue weighted by Gasteiger charge is 2.26. The molecule has 2 saturated heterocycles. The van der Waals surface area contributed by atoms with Crippen LogP contribution in [0.4, 0.5) is 20.3 Å².